The number of rotatable bonds is 7. The van der Waals surface area contributed by atoms with Gasteiger partial charge in [-0.2, -0.15) is 13.2 Å². The van der Waals surface area contributed by atoms with Gasteiger partial charge >= 0.3 is 12.2 Å². The van der Waals surface area contributed by atoms with Crippen LogP contribution in [0.25, 0.3) is 22.4 Å². The van der Waals surface area contributed by atoms with E-state index in [0.717, 1.165) is 11.0 Å². The van der Waals surface area contributed by atoms with Crippen LogP contribution in [0.15, 0.2) is 28.7 Å². The predicted octanol–water partition coefficient (Wildman–Crippen LogP) is 2.61. The molecule has 196 valence electrons. The number of fused-ring (bicyclic) bond motifs is 1. The Labute approximate surface area is 208 Å². The number of carbonyl (C=O) groups excluding carboxylic acids is 3. The first-order valence-electron chi connectivity index (χ1n) is 11.2. The second kappa shape index (κ2) is 9.69. The number of aromatic nitrogens is 2. The van der Waals surface area contributed by atoms with Crippen LogP contribution in [-0.2, 0) is 11.0 Å². The van der Waals surface area contributed by atoms with Crippen LogP contribution in [0.2, 0.25) is 0 Å². The van der Waals surface area contributed by atoms with Crippen LogP contribution in [0.4, 0.5) is 18.0 Å². The first-order valence-corrected chi connectivity index (χ1v) is 11.2. The topological polar surface area (TPSA) is 153 Å². The second-order valence-electron chi connectivity index (χ2n) is 8.22. The van der Waals surface area contributed by atoms with Gasteiger partial charge in [0.2, 0.25) is 5.89 Å². The molecule has 3 heterocycles. The highest BCUT2D eigenvalue weighted by atomic mass is 19.4. The number of pyridine rings is 1. The smallest absolute Gasteiger partial charge is 0.433 e. The maximum absolute atomic E-state index is 13.2. The number of carbonyl (C=O) groups is 3. The number of amides is 4. The van der Waals surface area contributed by atoms with Crippen LogP contribution in [0.3, 0.4) is 0 Å². The molecular formula is C23H23F3N6O5. The summed E-state index contributed by atoms with van der Waals surface area (Å²) in [5, 5.41) is 5.27. The van der Waals surface area contributed by atoms with Gasteiger partial charge in [-0.15, -0.1) is 0 Å². The number of methoxy groups -OCH3 is 1. The van der Waals surface area contributed by atoms with Gasteiger partial charge in [0.1, 0.15) is 23.0 Å². The highest BCUT2D eigenvalue weighted by Crippen LogP contribution is 2.37. The molecule has 0 aliphatic carbocycles. The minimum absolute atomic E-state index is 0.0216. The van der Waals surface area contributed by atoms with Gasteiger partial charge in [0, 0.05) is 24.0 Å². The van der Waals surface area contributed by atoms with E-state index in [9.17, 15) is 27.6 Å². The van der Waals surface area contributed by atoms with Gasteiger partial charge in [-0.05, 0) is 38.1 Å². The molecule has 37 heavy (non-hydrogen) atoms. The normalized spacial score (nSPS) is 16.7. The van der Waals surface area contributed by atoms with E-state index in [0.29, 0.717) is 0 Å². The van der Waals surface area contributed by atoms with Crippen molar-refractivity contribution in [1.29, 1.82) is 0 Å². The summed E-state index contributed by atoms with van der Waals surface area (Å²) in [5.74, 6) is -1.14. The van der Waals surface area contributed by atoms with E-state index in [-0.39, 0.29) is 52.7 Å². The minimum Gasteiger partial charge on any atom is -0.494 e. The zero-order valence-electron chi connectivity index (χ0n) is 20.0. The number of halogens is 3. The number of hydrogen-bond acceptors (Lipinski definition) is 8. The summed E-state index contributed by atoms with van der Waals surface area (Å²) in [7, 11) is 1.30. The third kappa shape index (κ3) is 4.79. The van der Waals surface area contributed by atoms with Gasteiger partial charge < -0.3 is 25.5 Å². The van der Waals surface area contributed by atoms with Crippen LogP contribution in [-0.4, -0.2) is 59.0 Å². The quantitative estimate of drug-likeness (QED) is 0.402. The SMILES string of the molecule is CCN1C(=O)N[C@H](CNC(=O)c2nc(-c3ccc(OC)c4nc(C(F)(F)F)ccc34)oc2[C@H](C)N)C1=O. The van der Waals surface area contributed by atoms with Crippen LogP contribution in [0, 0.1) is 0 Å². The van der Waals surface area contributed by atoms with E-state index < -0.39 is 41.8 Å². The standard InChI is InChI=1S/C23H23F3N6O5/c1-4-32-21(34)13(29-22(32)35)9-28-19(33)17-18(10(2)27)37-20(31-17)12-5-7-14(36-3)16-11(12)6-8-15(30-16)23(24,25)26/h5-8,10,13H,4,9,27H2,1-3H3,(H,28,33)(H,29,35)/t10-,13+/m0/s1. The van der Waals surface area contributed by atoms with E-state index in [1.807, 2.05) is 0 Å². The average molecular weight is 520 g/mol. The molecule has 4 rings (SSSR count). The molecule has 4 amide bonds. The van der Waals surface area contributed by atoms with E-state index in [1.54, 1.807) is 13.8 Å². The Kier molecular flexibility index (Phi) is 6.78. The van der Waals surface area contributed by atoms with Crippen molar-refractivity contribution in [2.45, 2.75) is 32.1 Å². The molecule has 1 aromatic carbocycles. The van der Waals surface area contributed by atoms with E-state index in [4.69, 9.17) is 14.9 Å². The fourth-order valence-electron chi connectivity index (χ4n) is 3.91. The Bertz CT molecular complexity index is 1390. The number of likely N-dealkylation sites (N-methyl/N-ethyl adjacent to an activating group) is 1. The highest BCUT2D eigenvalue weighted by molar-refractivity contribution is 6.05. The van der Waals surface area contributed by atoms with Crippen LogP contribution in [0.5, 0.6) is 5.75 Å². The molecule has 0 radical (unpaired) electrons. The number of ether oxygens (including phenoxy) is 1. The fourth-order valence-corrected chi connectivity index (χ4v) is 3.91. The number of oxazole rings is 1. The number of nitrogens with two attached hydrogens (primary N) is 1. The summed E-state index contributed by atoms with van der Waals surface area (Å²) in [6, 6.07) is 2.69. The number of alkyl halides is 3. The maximum atomic E-state index is 13.2. The molecule has 1 fully saturated rings. The molecule has 11 nitrogen and oxygen atoms in total. The third-order valence-electron chi connectivity index (χ3n) is 5.73. The number of benzene rings is 1. The van der Waals surface area contributed by atoms with E-state index in [1.165, 1.54) is 25.3 Å². The second-order valence-corrected chi connectivity index (χ2v) is 8.22. The molecule has 4 N–H and O–H groups in total. The number of imide groups is 1. The van der Waals surface area contributed by atoms with Crippen molar-refractivity contribution in [1.82, 2.24) is 25.5 Å². The monoisotopic (exact) mass is 520 g/mol. The lowest BCUT2D eigenvalue weighted by atomic mass is 10.1. The number of nitrogens with zero attached hydrogens (tertiary/aromatic N) is 3. The molecule has 0 unspecified atom stereocenters. The Morgan fingerprint density at radius 3 is 2.59 bits per heavy atom. The molecule has 1 aliphatic rings. The van der Waals surface area contributed by atoms with E-state index in [2.05, 4.69) is 20.6 Å². The molecular weight excluding hydrogens is 497 g/mol. The lowest BCUT2D eigenvalue weighted by Gasteiger charge is -2.11. The molecule has 1 aliphatic heterocycles. The number of nitrogens with one attached hydrogen (secondary N) is 2. The van der Waals surface area contributed by atoms with Crippen molar-refractivity contribution >= 4 is 28.7 Å². The summed E-state index contributed by atoms with van der Waals surface area (Å²) in [5.41, 5.74) is 4.89. The first-order chi connectivity index (χ1) is 17.5. The Morgan fingerprint density at radius 1 is 1.27 bits per heavy atom. The molecule has 2 atom stereocenters. The van der Waals surface area contributed by atoms with Crippen molar-refractivity contribution < 1.29 is 36.7 Å². The molecule has 14 heteroatoms. The lowest BCUT2D eigenvalue weighted by molar-refractivity contribution is -0.141. The summed E-state index contributed by atoms with van der Waals surface area (Å²) in [4.78, 5) is 46.0. The molecule has 0 spiro atoms. The van der Waals surface area contributed by atoms with Gasteiger partial charge in [0.05, 0.1) is 13.2 Å². The number of urea groups is 1. The van der Waals surface area contributed by atoms with Gasteiger partial charge in [0.15, 0.2) is 11.5 Å². The summed E-state index contributed by atoms with van der Waals surface area (Å²) in [6.45, 7) is 3.19. The molecule has 0 saturated carbocycles. The van der Waals surface area contributed by atoms with Gasteiger partial charge in [-0.3, -0.25) is 14.5 Å². The van der Waals surface area contributed by atoms with Gasteiger partial charge in [-0.1, -0.05) is 0 Å². The van der Waals surface area contributed by atoms with Crippen molar-refractivity contribution in [3.05, 3.63) is 41.4 Å². The highest BCUT2D eigenvalue weighted by Gasteiger charge is 2.37. The largest absolute Gasteiger partial charge is 0.494 e. The lowest BCUT2D eigenvalue weighted by Crippen LogP contribution is -2.42. The molecule has 0 bridgehead atoms. The van der Waals surface area contributed by atoms with Gasteiger partial charge in [-0.25, -0.2) is 14.8 Å². The number of hydrogen-bond donors (Lipinski definition) is 3. The van der Waals surface area contributed by atoms with Crippen LogP contribution < -0.4 is 21.1 Å². The minimum atomic E-state index is -4.67. The molecule has 2 aromatic heterocycles. The van der Waals surface area contributed by atoms with E-state index >= 15 is 0 Å². The molecule has 1 saturated heterocycles. The van der Waals surface area contributed by atoms with Crippen molar-refractivity contribution in [2.24, 2.45) is 5.73 Å². The Morgan fingerprint density at radius 2 is 2.00 bits per heavy atom. The van der Waals surface area contributed by atoms with Crippen LogP contribution in [0.1, 0.15) is 41.8 Å². The zero-order chi connectivity index (χ0) is 27.1. The molecule has 3 aromatic rings. The Hall–Kier alpha value is -4.20. The third-order valence-corrected chi connectivity index (χ3v) is 5.73. The summed E-state index contributed by atoms with van der Waals surface area (Å²) < 4.78 is 50.7. The predicted molar refractivity (Wildman–Crippen MR) is 123 cm³/mol. The van der Waals surface area contributed by atoms with Crippen molar-refractivity contribution in [2.75, 3.05) is 20.2 Å². The zero-order valence-corrected chi connectivity index (χ0v) is 20.0. The fraction of sp³-hybridized carbons (Fsp3) is 0.348. The van der Waals surface area contributed by atoms with Gasteiger partial charge in [0.25, 0.3) is 11.8 Å². The maximum Gasteiger partial charge on any atom is 0.433 e. The average Bonchev–Trinajstić information content (AvgIpc) is 3.41. The van der Waals surface area contributed by atoms with Crippen molar-refractivity contribution in [3.63, 3.8) is 0 Å². The van der Waals surface area contributed by atoms with Crippen LogP contribution >= 0.6 is 0 Å². The summed E-state index contributed by atoms with van der Waals surface area (Å²) in [6.07, 6.45) is -4.67. The van der Waals surface area contributed by atoms with Crippen molar-refractivity contribution in [3.8, 4) is 17.2 Å². The first kappa shape index (κ1) is 25.9. The summed E-state index contributed by atoms with van der Waals surface area (Å²) >= 11 is 0. The Balaban J connectivity index is 1.68.